The van der Waals surface area contributed by atoms with E-state index in [0.717, 1.165) is 10.0 Å². The molecular formula is C11H9BrN2O2. The number of benzene rings is 1. The third-order valence-corrected chi connectivity index (χ3v) is 2.63. The number of rotatable bonds is 2. The second kappa shape index (κ2) is 4.49. The first-order valence-electron chi connectivity index (χ1n) is 4.65. The fraction of sp³-hybridized carbons (Fsp3) is 0.0909. The summed E-state index contributed by atoms with van der Waals surface area (Å²) >= 11 is 3.35. The lowest BCUT2D eigenvalue weighted by Crippen LogP contribution is -2.17. The van der Waals surface area contributed by atoms with Crippen molar-refractivity contribution in [3.8, 4) is 11.3 Å². The molecule has 1 N–H and O–H groups in total. The Bertz CT molecular complexity index is 505. The smallest absolute Gasteiger partial charge is 0.273 e. The van der Waals surface area contributed by atoms with E-state index in [-0.39, 0.29) is 11.6 Å². The van der Waals surface area contributed by atoms with Crippen LogP contribution in [0.1, 0.15) is 10.5 Å². The van der Waals surface area contributed by atoms with Gasteiger partial charge in [-0.3, -0.25) is 4.79 Å². The molecule has 1 aromatic carbocycles. The molecule has 82 valence electrons. The molecule has 0 saturated heterocycles. The molecule has 0 fully saturated rings. The number of nitrogens with zero attached hydrogens (tertiary/aromatic N) is 1. The molecule has 4 nitrogen and oxygen atoms in total. The van der Waals surface area contributed by atoms with Crippen molar-refractivity contribution in [1.29, 1.82) is 0 Å². The molecule has 16 heavy (non-hydrogen) atoms. The number of hydrogen-bond acceptors (Lipinski definition) is 3. The van der Waals surface area contributed by atoms with Gasteiger partial charge in [-0.05, 0) is 12.1 Å². The van der Waals surface area contributed by atoms with Crippen molar-refractivity contribution in [1.82, 2.24) is 10.5 Å². The van der Waals surface area contributed by atoms with Crippen LogP contribution in [0, 0.1) is 0 Å². The van der Waals surface area contributed by atoms with Crippen molar-refractivity contribution in [2.24, 2.45) is 0 Å². The molecule has 0 radical (unpaired) electrons. The highest BCUT2D eigenvalue weighted by Crippen LogP contribution is 2.22. The number of aromatic nitrogens is 1. The largest absolute Gasteiger partial charge is 0.355 e. The summed E-state index contributed by atoms with van der Waals surface area (Å²) in [7, 11) is 1.55. The molecule has 0 spiro atoms. The third kappa shape index (κ3) is 2.14. The summed E-state index contributed by atoms with van der Waals surface area (Å²) in [6.45, 7) is 0. The van der Waals surface area contributed by atoms with E-state index in [0.29, 0.717) is 5.76 Å². The van der Waals surface area contributed by atoms with Gasteiger partial charge >= 0.3 is 0 Å². The molecule has 0 atom stereocenters. The zero-order chi connectivity index (χ0) is 11.5. The SMILES string of the molecule is CNC(=O)c1cc(-c2ccc(Br)cc2)on1. The van der Waals surface area contributed by atoms with Crippen LogP contribution in [-0.2, 0) is 0 Å². The summed E-state index contributed by atoms with van der Waals surface area (Å²) in [5.41, 5.74) is 1.16. The van der Waals surface area contributed by atoms with E-state index in [2.05, 4.69) is 26.4 Å². The van der Waals surface area contributed by atoms with Gasteiger partial charge in [0.2, 0.25) is 0 Å². The van der Waals surface area contributed by atoms with E-state index in [1.165, 1.54) is 0 Å². The second-order valence-electron chi connectivity index (χ2n) is 3.16. The Balaban J connectivity index is 2.31. The van der Waals surface area contributed by atoms with E-state index in [4.69, 9.17) is 4.52 Å². The van der Waals surface area contributed by atoms with Gasteiger partial charge in [-0.2, -0.15) is 0 Å². The fourth-order valence-corrected chi connectivity index (χ4v) is 1.52. The summed E-state index contributed by atoms with van der Waals surface area (Å²) in [6, 6.07) is 9.19. The molecule has 1 aromatic heterocycles. The zero-order valence-electron chi connectivity index (χ0n) is 8.53. The van der Waals surface area contributed by atoms with Crippen molar-refractivity contribution in [3.05, 3.63) is 40.5 Å². The molecular weight excluding hydrogens is 272 g/mol. The average Bonchev–Trinajstić information content (AvgIpc) is 2.78. The van der Waals surface area contributed by atoms with Crippen LogP contribution < -0.4 is 5.32 Å². The van der Waals surface area contributed by atoms with Crippen molar-refractivity contribution in [2.45, 2.75) is 0 Å². The molecule has 0 aliphatic carbocycles. The molecule has 0 aliphatic rings. The molecule has 0 unspecified atom stereocenters. The van der Waals surface area contributed by atoms with Crippen molar-refractivity contribution in [2.75, 3.05) is 7.05 Å². The number of halogens is 1. The van der Waals surface area contributed by atoms with Crippen LogP contribution in [0.3, 0.4) is 0 Å². The Kier molecular flexibility index (Phi) is 3.05. The highest BCUT2D eigenvalue weighted by Gasteiger charge is 2.11. The Morgan fingerprint density at radius 2 is 2.06 bits per heavy atom. The van der Waals surface area contributed by atoms with Gasteiger partial charge in [0.25, 0.3) is 5.91 Å². The minimum absolute atomic E-state index is 0.257. The standard InChI is InChI=1S/C11H9BrN2O2/c1-13-11(15)9-6-10(16-14-9)7-2-4-8(12)5-3-7/h2-6H,1H3,(H,13,15). The lowest BCUT2D eigenvalue weighted by atomic mass is 10.1. The summed E-state index contributed by atoms with van der Waals surface area (Å²) < 4.78 is 6.08. The van der Waals surface area contributed by atoms with Crippen LogP contribution in [0.25, 0.3) is 11.3 Å². The van der Waals surface area contributed by atoms with Crippen LogP contribution in [0.4, 0.5) is 0 Å². The van der Waals surface area contributed by atoms with Crippen LogP contribution in [-0.4, -0.2) is 18.1 Å². The Hall–Kier alpha value is -1.62. The first-order chi connectivity index (χ1) is 7.70. The predicted molar refractivity (Wildman–Crippen MR) is 63.0 cm³/mol. The van der Waals surface area contributed by atoms with E-state index >= 15 is 0 Å². The van der Waals surface area contributed by atoms with E-state index in [1.807, 2.05) is 24.3 Å². The van der Waals surface area contributed by atoms with Gasteiger partial charge in [0.1, 0.15) is 0 Å². The first-order valence-corrected chi connectivity index (χ1v) is 5.45. The molecule has 0 bridgehead atoms. The predicted octanol–water partition coefficient (Wildman–Crippen LogP) is 2.46. The number of carbonyl (C=O) groups excluding carboxylic acids is 1. The Morgan fingerprint density at radius 3 is 2.69 bits per heavy atom. The minimum atomic E-state index is -0.257. The fourth-order valence-electron chi connectivity index (χ4n) is 1.26. The number of amides is 1. The molecule has 0 saturated carbocycles. The number of carbonyl (C=O) groups is 1. The lowest BCUT2D eigenvalue weighted by Gasteiger charge is -1.94. The van der Waals surface area contributed by atoms with E-state index in [9.17, 15) is 4.79 Å². The summed E-state index contributed by atoms with van der Waals surface area (Å²) in [5.74, 6) is 0.318. The number of hydrogen-bond donors (Lipinski definition) is 1. The molecule has 1 amide bonds. The Labute approximate surface area is 101 Å². The van der Waals surface area contributed by atoms with E-state index in [1.54, 1.807) is 13.1 Å². The third-order valence-electron chi connectivity index (χ3n) is 2.10. The minimum Gasteiger partial charge on any atom is -0.355 e. The average molecular weight is 281 g/mol. The van der Waals surface area contributed by atoms with Crippen molar-refractivity contribution < 1.29 is 9.32 Å². The lowest BCUT2D eigenvalue weighted by molar-refractivity contribution is 0.0954. The van der Waals surface area contributed by atoms with Gasteiger partial charge in [-0.25, -0.2) is 0 Å². The van der Waals surface area contributed by atoms with Gasteiger partial charge < -0.3 is 9.84 Å². The number of nitrogens with one attached hydrogen (secondary N) is 1. The highest BCUT2D eigenvalue weighted by molar-refractivity contribution is 9.10. The normalized spacial score (nSPS) is 10.1. The van der Waals surface area contributed by atoms with Crippen LogP contribution >= 0.6 is 15.9 Å². The molecule has 5 heteroatoms. The van der Waals surface area contributed by atoms with Crippen LogP contribution in [0.15, 0.2) is 39.3 Å². The Morgan fingerprint density at radius 1 is 1.38 bits per heavy atom. The monoisotopic (exact) mass is 280 g/mol. The maximum Gasteiger partial charge on any atom is 0.273 e. The second-order valence-corrected chi connectivity index (χ2v) is 4.08. The van der Waals surface area contributed by atoms with Crippen molar-refractivity contribution >= 4 is 21.8 Å². The topological polar surface area (TPSA) is 55.1 Å². The summed E-state index contributed by atoms with van der Waals surface area (Å²) in [6.07, 6.45) is 0. The van der Waals surface area contributed by atoms with Gasteiger partial charge in [0.05, 0.1) is 0 Å². The maximum absolute atomic E-state index is 11.3. The van der Waals surface area contributed by atoms with Crippen molar-refractivity contribution in [3.63, 3.8) is 0 Å². The van der Waals surface area contributed by atoms with Gasteiger partial charge in [-0.15, -0.1) is 0 Å². The maximum atomic E-state index is 11.3. The van der Waals surface area contributed by atoms with Gasteiger partial charge in [0, 0.05) is 23.2 Å². The van der Waals surface area contributed by atoms with Gasteiger partial charge in [-0.1, -0.05) is 33.2 Å². The summed E-state index contributed by atoms with van der Waals surface area (Å²) in [4.78, 5) is 11.3. The molecule has 2 aromatic rings. The molecule has 1 heterocycles. The zero-order valence-corrected chi connectivity index (χ0v) is 10.1. The first kappa shape index (κ1) is 10.9. The summed E-state index contributed by atoms with van der Waals surface area (Å²) in [5, 5.41) is 6.17. The molecule has 2 rings (SSSR count). The molecule has 0 aliphatic heterocycles. The van der Waals surface area contributed by atoms with Crippen LogP contribution in [0.5, 0.6) is 0 Å². The quantitative estimate of drug-likeness (QED) is 0.920. The van der Waals surface area contributed by atoms with Gasteiger partial charge in [0.15, 0.2) is 11.5 Å². The van der Waals surface area contributed by atoms with E-state index < -0.39 is 0 Å². The highest BCUT2D eigenvalue weighted by atomic mass is 79.9. The van der Waals surface area contributed by atoms with Crippen LogP contribution in [0.2, 0.25) is 0 Å².